The van der Waals surface area contributed by atoms with Crippen molar-refractivity contribution in [3.63, 3.8) is 0 Å². The van der Waals surface area contributed by atoms with Gasteiger partial charge in [-0.2, -0.15) is 4.52 Å². The van der Waals surface area contributed by atoms with Crippen molar-refractivity contribution in [2.45, 2.75) is 25.8 Å². The molecule has 3 aromatic rings. The molecule has 0 radical (unpaired) electrons. The molecule has 3 heterocycles. The lowest BCUT2D eigenvalue weighted by atomic mass is 9.93. The molecule has 0 amide bonds. The second kappa shape index (κ2) is 8.00. The minimum atomic E-state index is -0.159. The Morgan fingerprint density at radius 2 is 1.93 bits per heavy atom. The first kappa shape index (κ1) is 19.7. The van der Waals surface area contributed by atoms with Gasteiger partial charge >= 0.3 is 5.97 Å². The summed E-state index contributed by atoms with van der Waals surface area (Å²) in [5.41, 5.74) is 1.04. The summed E-state index contributed by atoms with van der Waals surface area (Å²) in [6, 6.07) is 7.70. The predicted octanol–water partition coefficient (Wildman–Crippen LogP) is 2.79. The van der Waals surface area contributed by atoms with Gasteiger partial charge in [0.2, 0.25) is 10.8 Å². The van der Waals surface area contributed by atoms with Gasteiger partial charge in [-0.05, 0) is 50.6 Å². The van der Waals surface area contributed by atoms with Crippen LogP contribution >= 0.6 is 11.3 Å². The number of ether oxygens (including phenoxy) is 2. The van der Waals surface area contributed by atoms with Crippen LogP contribution in [0.1, 0.15) is 35.1 Å². The van der Waals surface area contributed by atoms with Gasteiger partial charge in [0.05, 0.1) is 31.1 Å². The van der Waals surface area contributed by atoms with Crippen molar-refractivity contribution >= 4 is 22.3 Å². The molecule has 29 heavy (non-hydrogen) atoms. The lowest BCUT2D eigenvalue weighted by Crippen LogP contribution is -2.39. The number of fused-ring (bicyclic) bond motifs is 1. The van der Waals surface area contributed by atoms with E-state index in [0.29, 0.717) is 10.8 Å². The average Bonchev–Trinajstić information content (AvgIpc) is 3.26. The SMILES string of the molecule is COC(=O)C1CCN([C@@H](c2ccc(OC)cc2)c2sc3nc(C)nn3c2O)CC1. The number of hydrogen-bond acceptors (Lipinski definition) is 8. The molecule has 1 saturated heterocycles. The summed E-state index contributed by atoms with van der Waals surface area (Å²) in [5.74, 6) is 1.29. The summed E-state index contributed by atoms with van der Waals surface area (Å²) in [5, 5.41) is 15.2. The van der Waals surface area contributed by atoms with Gasteiger partial charge in [-0.25, -0.2) is 4.98 Å². The highest BCUT2D eigenvalue weighted by molar-refractivity contribution is 7.17. The molecule has 2 aromatic heterocycles. The first-order valence-electron chi connectivity index (χ1n) is 9.52. The summed E-state index contributed by atoms with van der Waals surface area (Å²) >= 11 is 1.44. The first-order chi connectivity index (χ1) is 14.0. The van der Waals surface area contributed by atoms with E-state index >= 15 is 0 Å². The fourth-order valence-electron chi connectivity index (χ4n) is 3.90. The summed E-state index contributed by atoms with van der Waals surface area (Å²) in [7, 11) is 3.07. The number of benzene rings is 1. The van der Waals surface area contributed by atoms with Crippen LogP contribution in [0.3, 0.4) is 0 Å². The van der Waals surface area contributed by atoms with Crippen LogP contribution in [0.5, 0.6) is 11.6 Å². The van der Waals surface area contributed by atoms with Crippen LogP contribution in [0, 0.1) is 12.8 Å². The zero-order chi connectivity index (χ0) is 20.5. The van der Waals surface area contributed by atoms with Crippen LogP contribution in [-0.2, 0) is 9.53 Å². The number of carbonyl (C=O) groups is 1. The van der Waals surface area contributed by atoms with E-state index in [-0.39, 0.29) is 23.8 Å². The number of thiazole rings is 1. The third-order valence-corrected chi connectivity index (χ3v) is 6.49. The maximum atomic E-state index is 11.9. The van der Waals surface area contributed by atoms with Crippen molar-refractivity contribution in [2.24, 2.45) is 5.92 Å². The van der Waals surface area contributed by atoms with Gasteiger partial charge in [0.1, 0.15) is 11.6 Å². The van der Waals surface area contributed by atoms with Crippen molar-refractivity contribution in [1.29, 1.82) is 0 Å². The van der Waals surface area contributed by atoms with Gasteiger partial charge in [-0.15, -0.1) is 5.10 Å². The Hall–Kier alpha value is -2.65. The van der Waals surface area contributed by atoms with Crippen molar-refractivity contribution in [2.75, 3.05) is 27.3 Å². The van der Waals surface area contributed by atoms with Crippen LogP contribution < -0.4 is 4.74 Å². The molecule has 0 spiro atoms. The number of rotatable bonds is 5. The van der Waals surface area contributed by atoms with E-state index in [0.717, 1.165) is 42.1 Å². The molecule has 154 valence electrons. The van der Waals surface area contributed by atoms with Crippen molar-refractivity contribution < 1.29 is 19.4 Å². The Morgan fingerprint density at radius 3 is 2.52 bits per heavy atom. The Bertz CT molecular complexity index is 1010. The number of aryl methyl sites for hydroxylation is 1. The Morgan fingerprint density at radius 1 is 1.24 bits per heavy atom. The first-order valence-corrected chi connectivity index (χ1v) is 10.3. The van der Waals surface area contributed by atoms with Crippen molar-refractivity contribution in [3.8, 4) is 11.6 Å². The van der Waals surface area contributed by atoms with Crippen molar-refractivity contribution in [3.05, 3.63) is 40.5 Å². The van der Waals surface area contributed by atoms with E-state index in [1.54, 1.807) is 14.0 Å². The normalized spacial score (nSPS) is 16.8. The summed E-state index contributed by atoms with van der Waals surface area (Å²) in [6.45, 7) is 3.25. The monoisotopic (exact) mass is 416 g/mol. The molecule has 4 rings (SSSR count). The number of carbonyl (C=O) groups excluding carboxylic acids is 1. The van der Waals surface area contributed by atoms with Crippen LogP contribution in [-0.4, -0.2) is 57.9 Å². The summed E-state index contributed by atoms with van der Waals surface area (Å²) in [6.07, 6.45) is 1.44. The number of likely N-dealkylation sites (tertiary alicyclic amines) is 1. The molecule has 1 N–H and O–H groups in total. The number of hydrogen-bond donors (Lipinski definition) is 1. The van der Waals surface area contributed by atoms with E-state index in [9.17, 15) is 9.90 Å². The molecule has 9 heteroatoms. The molecule has 0 bridgehead atoms. The molecule has 0 unspecified atom stereocenters. The predicted molar refractivity (Wildman–Crippen MR) is 108 cm³/mol. The van der Waals surface area contributed by atoms with E-state index in [4.69, 9.17) is 9.47 Å². The fourth-order valence-corrected chi connectivity index (χ4v) is 5.06. The second-order valence-electron chi connectivity index (χ2n) is 7.15. The van der Waals surface area contributed by atoms with E-state index < -0.39 is 0 Å². The van der Waals surface area contributed by atoms with Crippen molar-refractivity contribution in [1.82, 2.24) is 19.5 Å². The quantitative estimate of drug-likeness (QED) is 0.640. The van der Waals surface area contributed by atoms with Crippen LogP contribution in [0.2, 0.25) is 0 Å². The number of esters is 1. The molecule has 1 aromatic carbocycles. The molecule has 1 aliphatic heterocycles. The number of methoxy groups -OCH3 is 2. The zero-order valence-electron chi connectivity index (χ0n) is 16.7. The molecule has 0 saturated carbocycles. The van der Waals surface area contributed by atoms with Crippen LogP contribution in [0.15, 0.2) is 24.3 Å². The highest BCUT2D eigenvalue weighted by Gasteiger charge is 2.34. The van der Waals surface area contributed by atoms with Crippen LogP contribution in [0.25, 0.3) is 4.96 Å². The molecule has 1 fully saturated rings. The van der Waals surface area contributed by atoms with Gasteiger partial charge < -0.3 is 14.6 Å². The van der Waals surface area contributed by atoms with Gasteiger partial charge in [0.25, 0.3) is 0 Å². The highest BCUT2D eigenvalue weighted by Crippen LogP contribution is 2.41. The van der Waals surface area contributed by atoms with E-state index in [2.05, 4.69) is 15.0 Å². The molecular formula is C20H24N4O4S. The molecule has 1 atom stereocenters. The number of aromatic hydroxyl groups is 1. The van der Waals surface area contributed by atoms with E-state index in [1.807, 2.05) is 24.3 Å². The van der Waals surface area contributed by atoms with Crippen LogP contribution in [0.4, 0.5) is 0 Å². The molecule has 1 aliphatic rings. The second-order valence-corrected chi connectivity index (χ2v) is 8.16. The number of nitrogens with zero attached hydrogens (tertiary/aromatic N) is 4. The highest BCUT2D eigenvalue weighted by atomic mass is 32.1. The molecular weight excluding hydrogens is 392 g/mol. The van der Waals surface area contributed by atoms with Gasteiger partial charge in [-0.3, -0.25) is 9.69 Å². The topological polar surface area (TPSA) is 89.2 Å². The summed E-state index contributed by atoms with van der Waals surface area (Å²) in [4.78, 5) is 20.1. The maximum Gasteiger partial charge on any atom is 0.308 e. The number of piperidine rings is 1. The standard InChI is InChI=1S/C20H24N4O4S/c1-12-21-20-24(22-12)18(25)17(29-20)16(13-4-6-15(27-2)7-5-13)23-10-8-14(9-11-23)19(26)28-3/h4-7,14,16,25H,8-11H2,1-3H3/t16-/m0/s1. The summed E-state index contributed by atoms with van der Waals surface area (Å²) < 4.78 is 11.7. The molecule has 0 aliphatic carbocycles. The average molecular weight is 417 g/mol. The fraction of sp³-hybridized carbons (Fsp3) is 0.450. The Balaban J connectivity index is 1.70. The lowest BCUT2D eigenvalue weighted by Gasteiger charge is -2.36. The van der Waals surface area contributed by atoms with Gasteiger partial charge in [-0.1, -0.05) is 23.5 Å². The maximum absolute atomic E-state index is 11.9. The van der Waals surface area contributed by atoms with Gasteiger partial charge in [0.15, 0.2) is 0 Å². The number of aromatic nitrogens is 3. The Labute approximate surface area is 172 Å². The third-order valence-electron chi connectivity index (χ3n) is 5.41. The van der Waals surface area contributed by atoms with Gasteiger partial charge in [0, 0.05) is 0 Å². The minimum absolute atomic E-state index is 0.0775. The van der Waals surface area contributed by atoms with E-state index in [1.165, 1.54) is 23.0 Å². The smallest absolute Gasteiger partial charge is 0.308 e. The zero-order valence-corrected chi connectivity index (χ0v) is 17.5. The Kier molecular flexibility index (Phi) is 5.42. The largest absolute Gasteiger partial charge is 0.497 e. The minimum Gasteiger partial charge on any atom is -0.497 e. The lowest BCUT2D eigenvalue weighted by molar-refractivity contribution is -0.147. The molecule has 8 nitrogen and oxygen atoms in total. The third kappa shape index (κ3) is 3.67.